The van der Waals surface area contributed by atoms with Gasteiger partial charge in [-0.05, 0) is 43.5 Å². The molecule has 0 atom stereocenters. The molecule has 126 valence electrons. The molecule has 1 fully saturated rings. The van der Waals surface area contributed by atoms with E-state index in [2.05, 4.69) is 15.2 Å². The Balaban J connectivity index is 1.52. The number of pyridine rings is 1. The van der Waals surface area contributed by atoms with E-state index in [9.17, 15) is 9.18 Å². The molecule has 1 aromatic heterocycles. The second-order valence-corrected chi connectivity index (χ2v) is 5.72. The van der Waals surface area contributed by atoms with Crippen molar-refractivity contribution >= 4 is 17.4 Å². The minimum atomic E-state index is -0.488. The smallest absolute Gasteiger partial charge is 0.262 e. The van der Waals surface area contributed by atoms with Crippen molar-refractivity contribution in [2.75, 3.05) is 29.9 Å². The number of halogens is 1. The fourth-order valence-electron chi connectivity index (χ4n) is 2.67. The largest absolute Gasteiger partial charge is 0.481 e. The van der Waals surface area contributed by atoms with Crippen LogP contribution in [0.25, 0.3) is 0 Å². The Morgan fingerprint density at radius 1 is 1.17 bits per heavy atom. The third-order valence-electron chi connectivity index (χ3n) is 3.91. The lowest BCUT2D eigenvalue weighted by atomic mass is 10.1. The Morgan fingerprint density at radius 2 is 1.96 bits per heavy atom. The fraction of sp³-hybridized carbons (Fsp3) is 0.333. The zero-order valence-corrected chi connectivity index (χ0v) is 13.4. The molecule has 1 saturated heterocycles. The van der Waals surface area contributed by atoms with E-state index in [4.69, 9.17) is 4.74 Å². The second-order valence-electron chi connectivity index (χ2n) is 5.72. The van der Waals surface area contributed by atoms with E-state index in [-0.39, 0.29) is 18.3 Å². The topological polar surface area (TPSA) is 54.5 Å². The zero-order chi connectivity index (χ0) is 16.8. The molecule has 0 saturated carbocycles. The molecule has 0 bridgehead atoms. The molecule has 1 aliphatic heterocycles. The number of benzene rings is 1. The molecule has 2 heterocycles. The van der Waals surface area contributed by atoms with E-state index in [1.54, 1.807) is 18.3 Å². The minimum absolute atomic E-state index is 0.0613. The van der Waals surface area contributed by atoms with Crippen molar-refractivity contribution in [2.45, 2.75) is 19.3 Å². The van der Waals surface area contributed by atoms with Crippen molar-refractivity contribution < 1.29 is 13.9 Å². The van der Waals surface area contributed by atoms with E-state index < -0.39 is 5.82 Å². The van der Waals surface area contributed by atoms with Crippen molar-refractivity contribution in [1.29, 1.82) is 0 Å². The molecule has 1 amide bonds. The maximum absolute atomic E-state index is 13.4. The van der Waals surface area contributed by atoms with Crippen molar-refractivity contribution in [1.82, 2.24) is 4.98 Å². The monoisotopic (exact) mass is 329 g/mol. The van der Waals surface area contributed by atoms with Gasteiger partial charge in [0.25, 0.3) is 5.91 Å². The summed E-state index contributed by atoms with van der Waals surface area (Å²) in [5.41, 5.74) is 0.595. The van der Waals surface area contributed by atoms with Gasteiger partial charge in [0.1, 0.15) is 5.82 Å². The summed E-state index contributed by atoms with van der Waals surface area (Å²) in [5.74, 6) is 0.144. The van der Waals surface area contributed by atoms with Crippen LogP contribution in [0, 0.1) is 5.82 Å². The number of nitrogens with zero attached hydrogens (tertiary/aromatic N) is 2. The van der Waals surface area contributed by atoms with Crippen molar-refractivity contribution in [2.24, 2.45) is 0 Å². The van der Waals surface area contributed by atoms with E-state index in [0.29, 0.717) is 5.69 Å². The van der Waals surface area contributed by atoms with Crippen molar-refractivity contribution in [3.05, 3.63) is 48.4 Å². The third kappa shape index (κ3) is 4.22. The van der Waals surface area contributed by atoms with Gasteiger partial charge in [-0.2, -0.15) is 0 Å². The van der Waals surface area contributed by atoms with Crippen molar-refractivity contribution in [3.63, 3.8) is 0 Å². The molecule has 5 nitrogen and oxygen atoms in total. The lowest BCUT2D eigenvalue weighted by molar-refractivity contribution is -0.118. The molecule has 0 unspecified atom stereocenters. The van der Waals surface area contributed by atoms with Gasteiger partial charge in [0, 0.05) is 13.1 Å². The summed E-state index contributed by atoms with van der Waals surface area (Å²) < 4.78 is 18.6. The van der Waals surface area contributed by atoms with Gasteiger partial charge in [0.15, 0.2) is 18.2 Å². The maximum atomic E-state index is 13.4. The number of carbonyl (C=O) groups excluding carboxylic acids is 1. The number of para-hydroxylation sites is 1. The number of aromatic nitrogens is 1. The lowest BCUT2D eigenvalue weighted by Gasteiger charge is -2.27. The Kier molecular flexibility index (Phi) is 5.25. The normalized spacial score (nSPS) is 14.3. The summed E-state index contributed by atoms with van der Waals surface area (Å²) in [4.78, 5) is 18.5. The highest BCUT2D eigenvalue weighted by atomic mass is 19.1. The number of rotatable bonds is 5. The number of ether oxygens (including phenoxy) is 1. The third-order valence-corrected chi connectivity index (χ3v) is 3.91. The van der Waals surface area contributed by atoms with Crippen LogP contribution in [0.2, 0.25) is 0 Å². The van der Waals surface area contributed by atoms with Crippen LogP contribution in [0.5, 0.6) is 5.75 Å². The summed E-state index contributed by atoms with van der Waals surface area (Å²) in [6.07, 6.45) is 5.28. The number of anilines is 2. The standard InChI is InChI=1S/C18H20FN3O2/c19-15-6-2-3-7-16(15)24-13-18(23)21-14-8-9-17(20-12-14)22-10-4-1-5-11-22/h2-3,6-9,12H,1,4-5,10-11,13H2,(H,21,23). The average molecular weight is 329 g/mol. The van der Waals surface area contributed by atoms with Crippen molar-refractivity contribution in [3.8, 4) is 5.75 Å². The first-order chi connectivity index (χ1) is 11.7. The Bertz CT molecular complexity index is 685. The van der Waals surface area contributed by atoms with Crippen LogP contribution >= 0.6 is 0 Å². The van der Waals surface area contributed by atoms with Gasteiger partial charge >= 0.3 is 0 Å². The fourth-order valence-corrected chi connectivity index (χ4v) is 2.67. The Hall–Kier alpha value is -2.63. The highest BCUT2D eigenvalue weighted by molar-refractivity contribution is 5.91. The summed E-state index contributed by atoms with van der Waals surface area (Å²) >= 11 is 0. The van der Waals surface area contributed by atoms with Crippen LogP contribution in [-0.2, 0) is 4.79 Å². The first-order valence-electron chi connectivity index (χ1n) is 8.10. The van der Waals surface area contributed by atoms with Crippen LogP contribution in [0.3, 0.4) is 0 Å². The molecule has 1 aliphatic rings. The van der Waals surface area contributed by atoms with E-state index in [1.807, 2.05) is 12.1 Å². The quantitative estimate of drug-likeness (QED) is 0.915. The highest BCUT2D eigenvalue weighted by Gasteiger charge is 2.12. The number of hydrogen-bond acceptors (Lipinski definition) is 4. The molecule has 1 N–H and O–H groups in total. The minimum Gasteiger partial charge on any atom is -0.481 e. The van der Waals surface area contributed by atoms with Gasteiger partial charge in [-0.25, -0.2) is 9.37 Å². The zero-order valence-electron chi connectivity index (χ0n) is 13.4. The summed E-state index contributed by atoms with van der Waals surface area (Å²) in [5, 5.41) is 2.69. The van der Waals surface area contributed by atoms with Gasteiger partial charge in [-0.1, -0.05) is 12.1 Å². The Morgan fingerprint density at radius 3 is 2.67 bits per heavy atom. The van der Waals surface area contributed by atoms with Crippen LogP contribution in [-0.4, -0.2) is 30.6 Å². The second kappa shape index (κ2) is 7.77. The first kappa shape index (κ1) is 16.2. The molecule has 6 heteroatoms. The van der Waals surface area contributed by atoms with Crippen LogP contribution in [0.15, 0.2) is 42.6 Å². The Labute approximate surface area is 140 Å². The van der Waals surface area contributed by atoms with Gasteiger partial charge in [0.2, 0.25) is 0 Å². The summed E-state index contributed by atoms with van der Waals surface area (Å²) in [7, 11) is 0. The number of amides is 1. The van der Waals surface area contributed by atoms with Gasteiger partial charge in [0.05, 0.1) is 11.9 Å². The predicted octanol–water partition coefficient (Wildman–Crippen LogP) is 3.23. The maximum Gasteiger partial charge on any atom is 0.262 e. The van der Waals surface area contributed by atoms with E-state index in [1.165, 1.54) is 31.4 Å². The average Bonchev–Trinajstić information content (AvgIpc) is 2.62. The van der Waals surface area contributed by atoms with Crippen LogP contribution in [0.1, 0.15) is 19.3 Å². The number of nitrogens with one attached hydrogen (secondary N) is 1. The molecule has 0 radical (unpaired) electrons. The number of piperidine rings is 1. The molecule has 2 aromatic rings. The lowest BCUT2D eigenvalue weighted by Crippen LogP contribution is -2.30. The first-order valence-corrected chi connectivity index (χ1v) is 8.10. The summed E-state index contributed by atoms with van der Waals surface area (Å²) in [6, 6.07) is 9.71. The number of carbonyl (C=O) groups is 1. The molecular formula is C18H20FN3O2. The molecule has 3 rings (SSSR count). The van der Waals surface area contributed by atoms with Crippen LogP contribution < -0.4 is 15.0 Å². The van der Waals surface area contributed by atoms with Gasteiger partial charge in [-0.15, -0.1) is 0 Å². The highest BCUT2D eigenvalue weighted by Crippen LogP contribution is 2.19. The molecular weight excluding hydrogens is 309 g/mol. The molecule has 1 aromatic carbocycles. The molecule has 0 aliphatic carbocycles. The summed E-state index contributed by atoms with van der Waals surface area (Å²) in [6.45, 7) is 1.79. The SMILES string of the molecule is O=C(COc1ccccc1F)Nc1ccc(N2CCCCC2)nc1. The predicted molar refractivity (Wildman–Crippen MR) is 90.8 cm³/mol. The van der Waals surface area contributed by atoms with Gasteiger partial charge in [-0.3, -0.25) is 4.79 Å². The van der Waals surface area contributed by atoms with E-state index in [0.717, 1.165) is 18.9 Å². The van der Waals surface area contributed by atoms with Crippen LogP contribution in [0.4, 0.5) is 15.9 Å². The van der Waals surface area contributed by atoms with Gasteiger partial charge < -0.3 is 15.0 Å². The molecule has 0 spiro atoms. The number of hydrogen-bond donors (Lipinski definition) is 1. The molecule has 24 heavy (non-hydrogen) atoms. The van der Waals surface area contributed by atoms with E-state index >= 15 is 0 Å².